The quantitative estimate of drug-likeness (QED) is 0.740. The molecule has 3 amide bonds. The molecule has 146 valence electrons. The Morgan fingerprint density at radius 2 is 1.39 bits per heavy atom. The van der Waals surface area contributed by atoms with Crippen LogP contribution < -0.4 is 20.9 Å². The Kier molecular flexibility index (Phi) is 5.46. The van der Waals surface area contributed by atoms with Crippen molar-refractivity contribution >= 4 is 29.0 Å². The summed E-state index contributed by atoms with van der Waals surface area (Å²) in [7, 11) is 0. The predicted molar refractivity (Wildman–Crippen MR) is 112 cm³/mol. The number of urea groups is 1. The summed E-state index contributed by atoms with van der Waals surface area (Å²) >= 11 is 0. The van der Waals surface area contributed by atoms with Crippen molar-refractivity contribution in [3.05, 3.63) is 54.6 Å². The van der Waals surface area contributed by atoms with E-state index in [0.29, 0.717) is 5.69 Å². The molecule has 0 radical (unpaired) electrons. The molecule has 1 aliphatic carbocycles. The highest BCUT2D eigenvalue weighted by Gasteiger charge is 2.29. The lowest BCUT2D eigenvalue weighted by atomic mass is 10.0. The molecule has 0 bridgehead atoms. The van der Waals surface area contributed by atoms with Gasteiger partial charge in [0.1, 0.15) is 0 Å². The molecule has 2 aliphatic rings. The Morgan fingerprint density at radius 1 is 0.786 bits per heavy atom. The van der Waals surface area contributed by atoms with Crippen molar-refractivity contribution in [3.63, 3.8) is 0 Å². The van der Waals surface area contributed by atoms with Gasteiger partial charge in [-0.3, -0.25) is 4.79 Å². The van der Waals surface area contributed by atoms with Gasteiger partial charge in [0.05, 0.1) is 0 Å². The van der Waals surface area contributed by atoms with Crippen molar-refractivity contribution in [1.82, 2.24) is 5.32 Å². The van der Waals surface area contributed by atoms with E-state index in [9.17, 15) is 9.59 Å². The molecule has 1 heterocycles. The minimum Gasteiger partial charge on any atom is -0.371 e. The molecule has 6 nitrogen and oxygen atoms in total. The molecule has 0 atom stereocenters. The number of piperidine rings is 1. The van der Waals surface area contributed by atoms with Gasteiger partial charge >= 0.3 is 6.03 Å². The second-order valence-corrected chi connectivity index (χ2v) is 7.54. The maximum Gasteiger partial charge on any atom is 0.319 e. The molecule has 2 aromatic carbocycles. The van der Waals surface area contributed by atoms with Crippen molar-refractivity contribution in [2.24, 2.45) is 5.92 Å². The van der Waals surface area contributed by atoms with Crippen LogP contribution in [0.2, 0.25) is 0 Å². The van der Waals surface area contributed by atoms with Gasteiger partial charge in [-0.2, -0.15) is 0 Å². The number of carbonyl (C=O) groups excluding carboxylic acids is 2. The third kappa shape index (κ3) is 4.82. The molecule has 28 heavy (non-hydrogen) atoms. The first kappa shape index (κ1) is 18.3. The largest absolute Gasteiger partial charge is 0.371 e. The van der Waals surface area contributed by atoms with E-state index in [4.69, 9.17) is 0 Å². The fourth-order valence-electron chi connectivity index (χ4n) is 3.50. The molecule has 0 spiro atoms. The summed E-state index contributed by atoms with van der Waals surface area (Å²) in [4.78, 5) is 26.4. The molecular formula is C22H26N4O2. The van der Waals surface area contributed by atoms with Crippen LogP contribution in [0.3, 0.4) is 0 Å². The minimum atomic E-state index is -0.187. The smallest absolute Gasteiger partial charge is 0.319 e. The van der Waals surface area contributed by atoms with E-state index in [1.54, 1.807) is 12.1 Å². The molecule has 1 aliphatic heterocycles. The molecule has 3 N–H and O–H groups in total. The number of rotatable bonds is 5. The van der Waals surface area contributed by atoms with Gasteiger partial charge in [-0.15, -0.1) is 0 Å². The van der Waals surface area contributed by atoms with Crippen molar-refractivity contribution in [1.29, 1.82) is 0 Å². The number of nitrogens with zero attached hydrogens (tertiary/aromatic N) is 1. The van der Waals surface area contributed by atoms with Crippen molar-refractivity contribution in [2.75, 3.05) is 28.6 Å². The van der Waals surface area contributed by atoms with Gasteiger partial charge < -0.3 is 20.9 Å². The van der Waals surface area contributed by atoms with Gasteiger partial charge in [0.25, 0.3) is 0 Å². The molecule has 6 heteroatoms. The minimum absolute atomic E-state index is 0.0836. The molecule has 2 aromatic rings. The first-order chi connectivity index (χ1) is 13.7. The fourth-order valence-corrected chi connectivity index (χ4v) is 3.50. The zero-order valence-corrected chi connectivity index (χ0v) is 15.9. The summed E-state index contributed by atoms with van der Waals surface area (Å²) in [6, 6.07) is 17.6. The molecule has 4 rings (SSSR count). The Bertz CT molecular complexity index is 810. The van der Waals surface area contributed by atoms with E-state index >= 15 is 0 Å². The van der Waals surface area contributed by atoms with Crippen LogP contribution in [0.4, 0.5) is 21.9 Å². The lowest BCUT2D eigenvalue weighted by Crippen LogP contribution is -2.46. The van der Waals surface area contributed by atoms with Crippen LogP contribution in [0.5, 0.6) is 0 Å². The van der Waals surface area contributed by atoms with E-state index < -0.39 is 0 Å². The number of anilines is 3. The first-order valence-electron chi connectivity index (χ1n) is 9.96. The summed E-state index contributed by atoms with van der Waals surface area (Å²) in [6.07, 6.45) is 3.81. The Balaban J connectivity index is 1.22. The van der Waals surface area contributed by atoms with E-state index in [2.05, 4.69) is 45.1 Å². The Morgan fingerprint density at radius 3 is 2.00 bits per heavy atom. The van der Waals surface area contributed by atoms with E-state index in [0.717, 1.165) is 44.5 Å². The summed E-state index contributed by atoms with van der Waals surface area (Å²) in [6.45, 7) is 1.87. The zero-order chi connectivity index (χ0) is 19.3. The van der Waals surface area contributed by atoms with Gasteiger partial charge in [0, 0.05) is 42.1 Å². The van der Waals surface area contributed by atoms with Gasteiger partial charge in [-0.05, 0) is 62.1 Å². The highest BCUT2D eigenvalue weighted by molar-refractivity contribution is 5.94. The van der Waals surface area contributed by atoms with Crippen LogP contribution in [0.15, 0.2) is 54.6 Å². The molecule has 1 saturated carbocycles. The van der Waals surface area contributed by atoms with Crippen molar-refractivity contribution < 1.29 is 9.59 Å². The van der Waals surface area contributed by atoms with Crippen LogP contribution >= 0.6 is 0 Å². The molecule has 0 unspecified atom stereocenters. The second kappa shape index (κ2) is 8.33. The number of carbonyl (C=O) groups is 2. The van der Waals surface area contributed by atoms with Crippen LogP contribution in [-0.2, 0) is 4.79 Å². The maximum atomic E-state index is 12.3. The molecule has 1 saturated heterocycles. The second-order valence-electron chi connectivity index (χ2n) is 7.54. The number of hydrogen-bond acceptors (Lipinski definition) is 3. The molecule has 0 aromatic heterocycles. The number of hydrogen-bond donors (Lipinski definition) is 3. The SMILES string of the molecule is O=C(Nc1ccc(NC(=O)C2CC2)cc1)NC1CCN(c2ccccc2)CC1. The average Bonchev–Trinajstić information content (AvgIpc) is 3.56. The third-order valence-corrected chi connectivity index (χ3v) is 5.31. The van der Waals surface area contributed by atoms with Gasteiger partial charge in [0.15, 0.2) is 0 Å². The monoisotopic (exact) mass is 378 g/mol. The van der Waals surface area contributed by atoms with Crippen LogP contribution in [0.1, 0.15) is 25.7 Å². The van der Waals surface area contributed by atoms with Crippen LogP contribution in [0, 0.1) is 5.92 Å². The zero-order valence-electron chi connectivity index (χ0n) is 15.9. The van der Waals surface area contributed by atoms with Gasteiger partial charge in [0.2, 0.25) is 5.91 Å². The van der Waals surface area contributed by atoms with E-state index in [1.807, 2.05) is 18.2 Å². The fraction of sp³-hybridized carbons (Fsp3) is 0.364. The third-order valence-electron chi connectivity index (χ3n) is 5.31. The summed E-state index contributed by atoms with van der Waals surface area (Å²) in [5, 5.41) is 8.83. The highest BCUT2D eigenvalue weighted by atomic mass is 16.2. The number of amides is 3. The topological polar surface area (TPSA) is 73.5 Å². The van der Waals surface area contributed by atoms with E-state index in [-0.39, 0.29) is 23.9 Å². The molecule has 2 fully saturated rings. The summed E-state index contributed by atoms with van der Waals surface area (Å²) in [5.74, 6) is 0.261. The summed E-state index contributed by atoms with van der Waals surface area (Å²) in [5.41, 5.74) is 2.71. The number of benzene rings is 2. The van der Waals surface area contributed by atoms with Crippen molar-refractivity contribution in [3.8, 4) is 0 Å². The number of nitrogens with one attached hydrogen (secondary N) is 3. The van der Waals surface area contributed by atoms with E-state index in [1.165, 1.54) is 5.69 Å². The predicted octanol–water partition coefficient (Wildman–Crippen LogP) is 3.83. The Hall–Kier alpha value is -3.02. The first-order valence-corrected chi connectivity index (χ1v) is 9.96. The summed E-state index contributed by atoms with van der Waals surface area (Å²) < 4.78 is 0. The van der Waals surface area contributed by atoms with Gasteiger partial charge in [-0.1, -0.05) is 18.2 Å². The van der Waals surface area contributed by atoms with Gasteiger partial charge in [-0.25, -0.2) is 4.79 Å². The number of para-hydroxylation sites is 1. The van der Waals surface area contributed by atoms with Crippen LogP contribution in [0.25, 0.3) is 0 Å². The average molecular weight is 378 g/mol. The lowest BCUT2D eigenvalue weighted by Gasteiger charge is -2.33. The lowest BCUT2D eigenvalue weighted by molar-refractivity contribution is -0.117. The van der Waals surface area contributed by atoms with Crippen LogP contribution in [-0.4, -0.2) is 31.1 Å². The van der Waals surface area contributed by atoms with Crippen molar-refractivity contribution in [2.45, 2.75) is 31.7 Å². The highest BCUT2D eigenvalue weighted by Crippen LogP contribution is 2.30. The Labute approximate surface area is 165 Å². The molecular weight excluding hydrogens is 352 g/mol. The maximum absolute atomic E-state index is 12.3. The standard InChI is InChI=1S/C22H26N4O2/c27-21(16-6-7-16)23-17-8-10-18(11-9-17)24-22(28)25-19-12-14-26(15-13-19)20-4-2-1-3-5-20/h1-5,8-11,16,19H,6-7,12-15H2,(H,23,27)(H2,24,25,28). The normalized spacial score (nSPS) is 17.1.